The van der Waals surface area contributed by atoms with Gasteiger partial charge in [-0.15, -0.1) is 0 Å². The highest BCUT2D eigenvalue weighted by Crippen LogP contribution is 2.41. The Morgan fingerprint density at radius 2 is 1.74 bits per heavy atom. The van der Waals surface area contributed by atoms with E-state index in [9.17, 15) is 14.7 Å². The van der Waals surface area contributed by atoms with Gasteiger partial charge in [0.15, 0.2) is 0 Å². The van der Waals surface area contributed by atoms with Crippen LogP contribution >= 0.6 is 0 Å². The maximum atomic E-state index is 13.2. The van der Waals surface area contributed by atoms with Crippen molar-refractivity contribution in [2.45, 2.75) is 26.4 Å². The van der Waals surface area contributed by atoms with Crippen LogP contribution in [-0.4, -0.2) is 35.4 Å². The maximum Gasteiger partial charge on any atom is 0.295 e. The van der Waals surface area contributed by atoms with Crippen LogP contribution in [0.2, 0.25) is 0 Å². The van der Waals surface area contributed by atoms with Crippen molar-refractivity contribution >= 4 is 17.4 Å². The fourth-order valence-corrected chi connectivity index (χ4v) is 4.28. The molecule has 6 heteroatoms. The number of benzene rings is 3. The first-order valence-corrected chi connectivity index (χ1v) is 11.1. The molecule has 0 aromatic heterocycles. The fourth-order valence-electron chi connectivity index (χ4n) is 4.28. The lowest BCUT2D eigenvalue weighted by Crippen LogP contribution is -2.29. The van der Waals surface area contributed by atoms with E-state index >= 15 is 0 Å². The summed E-state index contributed by atoms with van der Waals surface area (Å²) in [6.45, 7) is 4.52. The van der Waals surface area contributed by atoms with E-state index in [4.69, 9.17) is 9.47 Å². The van der Waals surface area contributed by atoms with Crippen LogP contribution in [-0.2, 0) is 16.1 Å². The molecule has 0 bridgehead atoms. The summed E-state index contributed by atoms with van der Waals surface area (Å²) in [4.78, 5) is 28.0. The van der Waals surface area contributed by atoms with Crippen LogP contribution in [0.1, 0.15) is 35.2 Å². The third-order valence-corrected chi connectivity index (χ3v) is 5.87. The molecule has 6 nitrogen and oxygen atoms in total. The number of likely N-dealkylation sites (tertiary alicyclic amines) is 1. The highest BCUT2D eigenvalue weighted by atomic mass is 16.5. The highest BCUT2D eigenvalue weighted by molar-refractivity contribution is 6.46. The van der Waals surface area contributed by atoms with E-state index in [0.29, 0.717) is 23.7 Å². The van der Waals surface area contributed by atoms with Crippen LogP contribution in [0.25, 0.3) is 5.76 Å². The standard InChI is InChI=1S/C28H27NO5/c1-4-34-22-14-12-19(13-15-22)26(30)24-25(20-10-7-8-18(2)16-20)29(28(32)27(24)31)17-21-9-5-6-11-23(21)33-3/h5-16,25,30H,4,17H2,1-3H3/b26-24-. The van der Waals surface area contributed by atoms with E-state index in [1.54, 1.807) is 31.4 Å². The molecule has 0 radical (unpaired) electrons. The molecule has 1 aliphatic rings. The summed E-state index contributed by atoms with van der Waals surface area (Å²) >= 11 is 0. The van der Waals surface area contributed by atoms with Crippen molar-refractivity contribution < 1.29 is 24.2 Å². The predicted octanol–water partition coefficient (Wildman–Crippen LogP) is 5.02. The molecule has 0 aliphatic carbocycles. The number of ketones is 1. The molecular formula is C28H27NO5. The smallest absolute Gasteiger partial charge is 0.295 e. The Hall–Kier alpha value is -4.06. The number of aryl methyl sites for hydroxylation is 1. The highest BCUT2D eigenvalue weighted by Gasteiger charge is 2.46. The second-order valence-electron chi connectivity index (χ2n) is 8.11. The number of nitrogens with zero attached hydrogens (tertiary/aromatic N) is 1. The van der Waals surface area contributed by atoms with Crippen LogP contribution in [0, 0.1) is 6.92 Å². The second kappa shape index (κ2) is 9.83. The van der Waals surface area contributed by atoms with Gasteiger partial charge in [0.25, 0.3) is 11.7 Å². The van der Waals surface area contributed by atoms with Crippen molar-refractivity contribution in [2.24, 2.45) is 0 Å². The molecule has 0 saturated carbocycles. The molecule has 1 heterocycles. The first-order chi connectivity index (χ1) is 16.4. The lowest BCUT2D eigenvalue weighted by molar-refractivity contribution is -0.140. The summed E-state index contributed by atoms with van der Waals surface area (Å²) in [5.74, 6) is -0.307. The first kappa shape index (κ1) is 23.1. The molecule has 3 aromatic carbocycles. The SMILES string of the molecule is CCOc1ccc(/C(O)=C2/C(=O)C(=O)N(Cc3ccccc3OC)C2c2cccc(C)c2)cc1. The quantitative estimate of drug-likeness (QED) is 0.306. The number of carbonyl (C=O) groups is 2. The zero-order valence-corrected chi connectivity index (χ0v) is 19.4. The molecule has 34 heavy (non-hydrogen) atoms. The Kier molecular flexibility index (Phi) is 6.68. The molecule has 4 rings (SSSR count). The summed E-state index contributed by atoms with van der Waals surface area (Å²) in [6.07, 6.45) is 0. The zero-order valence-electron chi connectivity index (χ0n) is 19.4. The van der Waals surface area contributed by atoms with Crippen molar-refractivity contribution in [3.05, 3.63) is 101 Å². The van der Waals surface area contributed by atoms with E-state index in [-0.39, 0.29) is 17.9 Å². The van der Waals surface area contributed by atoms with Gasteiger partial charge < -0.3 is 19.5 Å². The lowest BCUT2D eigenvalue weighted by Gasteiger charge is -2.26. The van der Waals surface area contributed by atoms with E-state index in [2.05, 4.69) is 0 Å². The van der Waals surface area contributed by atoms with Crippen molar-refractivity contribution in [2.75, 3.05) is 13.7 Å². The Balaban J connectivity index is 1.84. The summed E-state index contributed by atoms with van der Waals surface area (Å²) < 4.78 is 10.9. The molecular weight excluding hydrogens is 430 g/mol. The third-order valence-electron chi connectivity index (χ3n) is 5.87. The van der Waals surface area contributed by atoms with Crippen LogP contribution in [0.4, 0.5) is 0 Å². The topological polar surface area (TPSA) is 76.1 Å². The fraction of sp³-hybridized carbons (Fsp3) is 0.214. The zero-order chi connectivity index (χ0) is 24.2. The Labute approximate surface area is 199 Å². The summed E-state index contributed by atoms with van der Waals surface area (Å²) in [5, 5.41) is 11.2. The number of carbonyl (C=O) groups excluding carboxylic acids is 2. The van der Waals surface area contributed by atoms with Gasteiger partial charge in [-0.25, -0.2) is 0 Å². The Bertz CT molecular complexity index is 1250. The molecule has 0 spiro atoms. The van der Waals surface area contributed by atoms with Crippen molar-refractivity contribution in [3.8, 4) is 11.5 Å². The van der Waals surface area contributed by atoms with Gasteiger partial charge in [-0.2, -0.15) is 0 Å². The summed E-state index contributed by atoms with van der Waals surface area (Å²) in [5.41, 5.74) is 3.01. The number of hydrogen-bond donors (Lipinski definition) is 1. The molecule has 1 saturated heterocycles. The largest absolute Gasteiger partial charge is 0.507 e. The molecule has 1 N–H and O–H groups in total. The molecule has 1 unspecified atom stereocenters. The van der Waals surface area contributed by atoms with Crippen LogP contribution in [0.5, 0.6) is 11.5 Å². The van der Waals surface area contributed by atoms with Gasteiger partial charge in [0.05, 0.1) is 31.9 Å². The van der Waals surface area contributed by atoms with Gasteiger partial charge in [-0.05, 0) is 49.7 Å². The molecule has 1 atom stereocenters. The predicted molar refractivity (Wildman–Crippen MR) is 130 cm³/mol. The van der Waals surface area contributed by atoms with Crippen molar-refractivity contribution in [1.29, 1.82) is 0 Å². The van der Waals surface area contributed by atoms with Gasteiger partial charge in [-0.3, -0.25) is 9.59 Å². The number of methoxy groups -OCH3 is 1. The van der Waals surface area contributed by atoms with E-state index in [1.807, 2.05) is 62.4 Å². The molecule has 3 aromatic rings. The number of amides is 1. The van der Waals surface area contributed by atoms with Crippen molar-refractivity contribution in [1.82, 2.24) is 4.90 Å². The molecule has 1 amide bonds. The van der Waals surface area contributed by atoms with E-state index < -0.39 is 17.7 Å². The number of para-hydroxylation sites is 1. The van der Waals surface area contributed by atoms with Crippen LogP contribution in [0.15, 0.2) is 78.4 Å². The Morgan fingerprint density at radius 3 is 2.41 bits per heavy atom. The van der Waals surface area contributed by atoms with Crippen LogP contribution in [0.3, 0.4) is 0 Å². The third kappa shape index (κ3) is 4.39. The molecule has 1 aliphatic heterocycles. The number of Topliss-reactive ketones (excluding diaryl/α,β-unsaturated/α-hetero) is 1. The number of hydrogen-bond acceptors (Lipinski definition) is 5. The number of aliphatic hydroxyl groups is 1. The van der Waals surface area contributed by atoms with E-state index in [0.717, 1.165) is 16.7 Å². The van der Waals surface area contributed by atoms with E-state index in [1.165, 1.54) is 4.90 Å². The minimum atomic E-state index is -0.739. The molecule has 174 valence electrons. The average Bonchev–Trinajstić information content (AvgIpc) is 3.09. The second-order valence-corrected chi connectivity index (χ2v) is 8.11. The van der Waals surface area contributed by atoms with Gasteiger partial charge in [0.1, 0.15) is 17.3 Å². The number of aliphatic hydroxyl groups excluding tert-OH is 1. The molecule has 1 fully saturated rings. The van der Waals surface area contributed by atoms with Crippen molar-refractivity contribution in [3.63, 3.8) is 0 Å². The van der Waals surface area contributed by atoms with Gasteiger partial charge in [0, 0.05) is 11.1 Å². The van der Waals surface area contributed by atoms with Gasteiger partial charge >= 0.3 is 0 Å². The maximum absolute atomic E-state index is 13.2. The van der Waals surface area contributed by atoms with Gasteiger partial charge in [-0.1, -0.05) is 48.0 Å². The normalized spacial score (nSPS) is 17.1. The Morgan fingerprint density at radius 1 is 1.00 bits per heavy atom. The summed E-state index contributed by atoms with van der Waals surface area (Å²) in [6, 6.07) is 21.1. The van der Waals surface area contributed by atoms with Gasteiger partial charge in [0.2, 0.25) is 0 Å². The van der Waals surface area contributed by atoms with Crippen LogP contribution < -0.4 is 9.47 Å². The minimum Gasteiger partial charge on any atom is -0.507 e. The number of ether oxygens (including phenoxy) is 2. The summed E-state index contributed by atoms with van der Waals surface area (Å²) in [7, 11) is 1.57. The minimum absolute atomic E-state index is 0.0645. The average molecular weight is 458 g/mol. The number of rotatable bonds is 7. The lowest BCUT2D eigenvalue weighted by atomic mass is 9.94. The first-order valence-electron chi connectivity index (χ1n) is 11.1. The monoisotopic (exact) mass is 457 g/mol.